The largest absolute Gasteiger partial charge is 0.437 e. The zero-order chi connectivity index (χ0) is 11.0. The highest BCUT2D eigenvalue weighted by molar-refractivity contribution is 6.73. The molecule has 0 bridgehead atoms. The van der Waals surface area contributed by atoms with Gasteiger partial charge in [-0.05, 0) is 19.4 Å². The summed E-state index contributed by atoms with van der Waals surface area (Å²) in [5, 5.41) is 0. The van der Waals surface area contributed by atoms with Crippen LogP contribution in [0.25, 0.3) is 0 Å². The van der Waals surface area contributed by atoms with Gasteiger partial charge in [0.25, 0.3) is 0 Å². The van der Waals surface area contributed by atoms with Crippen LogP contribution >= 0.6 is 0 Å². The lowest BCUT2D eigenvalue weighted by atomic mass is 10.4. The molecular formula is C8H14O3Si3. The van der Waals surface area contributed by atoms with Crippen LogP contribution in [0, 0.1) is 0 Å². The van der Waals surface area contributed by atoms with Crippen molar-refractivity contribution in [3.63, 3.8) is 0 Å². The van der Waals surface area contributed by atoms with E-state index in [1.807, 2.05) is 6.92 Å². The zero-order valence-electron chi connectivity index (χ0n) is 8.34. The van der Waals surface area contributed by atoms with E-state index in [9.17, 15) is 4.79 Å². The van der Waals surface area contributed by atoms with E-state index in [0.717, 1.165) is 24.3 Å². The molecule has 0 unspecified atom stereocenters. The van der Waals surface area contributed by atoms with Gasteiger partial charge in [-0.25, -0.2) is 0 Å². The van der Waals surface area contributed by atoms with Crippen molar-refractivity contribution in [3.8, 4) is 0 Å². The fourth-order valence-corrected chi connectivity index (χ4v) is 4.97. The predicted octanol–water partition coefficient (Wildman–Crippen LogP) is 1.18. The van der Waals surface area contributed by atoms with Crippen LogP contribution in [-0.2, 0) is 13.0 Å². The van der Waals surface area contributed by atoms with Crippen LogP contribution in [0.15, 0.2) is 12.2 Å². The average molecular weight is 242 g/mol. The molecule has 0 aliphatic heterocycles. The number of unbranched alkanes of at least 4 members (excludes halogenated alkanes) is 1. The summed E-state index contributed by atoms with van der Waals surface area (Å²) >= 11 is 0. The first kappa shape index (κ1) is 14.0. The molecule has 0 fully saturated rings. The third kappa shape index (κ3) is 5.01. The van der Waals surface area contributed by atoms with Crippen LogP contribution < -0.4 is 0 Å². The molecule has 0 heterocycles. The van der Waals surface area contributed by atoms with E-state index >= 15 is 0 Å². The third-order valence-corrected chi connectivity index (χ3v) is 7.06. The maximum atomic E-state index is 10.2. The summed E-state index contributed by atoms with van der Waals surface area (Å²) < 4.78 is 10.5. The Morgan fingerprint density at radius 2 is 2.07 bits per heavy atom. The van der Waals surface area contributed by atoms with Crippen molar-refractivity contribution in [2.75, 3.05) is 0 Å². The number of carbonyl (C=O) groups excluding carboxylic acids is 1. The molecule has 0 aliphatic carbocycles. The molecule has 0 saturated carbocycles. The summed E-state index contributed by atoms with van der Waals surface area (Å²) in [6.45, 7) is 5.75. The number of carbonyl (C=O) groups is 1. The molecule has 0 atom stereocenters. The van der Waals surface area contributed by atoms with E-state index in [2.05, 4.69) is 27.6 Å². The minimum atomic E-state index is -2.28. The molecular weight excluding hydrogens is 228 g/mol. The summed E-state index contributed by atoms with van der Waals surface area (Å²) in [6, 6.07) is 1.46. The normalized spacial score (nSPS) is 11.4. The van der Waals surface area contributed by atoms with Gasteiger partial charge in [0, 0.05) is 12.5 Å². The number of hydrogen-bond acceptors (Lipinski definition) is 3. The highest BCUT2D eigenvalue weighted by Gasteiger charge is 2.33. The average Bonchev–Trinajstić information content (AvgIpc) is 2.16. The summed E-state index contributed by atoms with van der Waals surface area (Å²) in [5.41, 5.74) is 1.01. The van der Waals surface area contributed by atoms with Gasteiger partial charge in [-0.3, -0.25) is 0 Å². The van der Waals surface area contributed by atoms with E-state index in [4.69, 9.17) is 8.23 Å². The fourth-order valence-electron chi connectivity index (χ4n) is 1.20. The van der Waals surface area contributed by atoms with Crippen LogP contribution in [0.5, 0.6) is 0 Å². The smallest absolute Gasteiger partial charge is 0.321 e. The monoisotopic (exact) mass is 242 g/mol. The van der Waals surface area contributed by atoms with E-state index < -0.39 is 8.56 Å². The van der Waals surface area contributed by atoms with Crippen molar-refractivity contribution >= 4 is 35.8 Å². The second kappa shape index (κ2) is 7.30. The summed E-state index contributed by atoms with van der Waals surface area (Å²) in [6.07, 6.45) is 2.22. The highest BCUT2D eigenvalue weighted by Crippen LogP contribution is 2.23. The zero-order valence-corrected chi connectivity index (χ0v) is 11.3. The molecule has 0 rings (SSSR count). The SMILES string of the molecule is C=C(C)C[Si](CCCC=O)(O[Si])O[Si]. The van der Waals surface area contributed by atoms with Crippen LogP contribution in [0.2, 0.25) is 12.1 Å². The van der Waals surface area contributed by atoms with Gasteiger partial charge in [0.2, 0.25) is 21.0 Å². The van der Waals surface area contributed by atoms with Gasteiger partial charge in [0.15, 0.2) is 0 Å². The molecule has 0 saturated heterocycles. The Bertz CT molecular complexity index is 192. The van der Waals surface area contributed by atoms with Gasteiger partial charge in [-0.1, -0.05) is 5.57 Å². The van der Waals surface area contributed by atoms with Crippen molar-refractivity contribution in [2.45, 2.75) is 31.9 Å². The first-order valence-corrected chi connectivity index (χ1v) is 7.42. The number of aldehydes is 1. The van der Waals surface area contributed by atoms with Crippen molar-refractivity contribution in [1.29, 1.82) is 0 Å². The molecule has 6 radical (unpaired) electrons. The molecule has 0 aromatic rings. The molecule has 0 amide bonds. The van der Waals surface area contributed by atoms with Crippen molar-refractivity contribution < 1.29 is 13.0 Å². The van der Waals surface area contributed by atoms with E-state index in [1.54, 1.807) is 0 Å². The topological polar surface area (TPSA) is 35.5 Å². The molecule has 14 heavy (non-hydrogen) atoms. The minimum Gasteiger partial charge on any atom is -0.437 e. The summed E-state index contributed by atoms with van der Waals surface area (Å²) in [4.78, 5) is 10.2. The predicted molar refractivity (Wildman–Crippen MR) is 59.2 cm³/mol. The molecule has 0 aromatic carbocycles. The first-order chi connectivity index (χ1) is 6.60. The van der Waals surface area contributed by atoms with Gasteiger partial charge in [-0.2, -0.15) is 0 Å². The lowest BCUT2D eigenvalue weighted by molar-refractivity contribution is -0.107. The number of hydrogen-bond donors (Lipinski definition) is 0. The lowest BCUT2D eigenvalue weighted by Crippen LogP contribution is -2.41. The summed E-state index contributed by atoms with van der Waals surface area (Å²) in [5.74, 6) is 0. The van der Waals surface area contributed by atoms with E-state index in [1.165, 1.54) is 0 Å². The maximum Gasteiger partial charge on any atom is 0.321 e. The Labute approximate surface area is 93.2 Å². The molecule has 0 N–H and O–H groups in total. The lowest BCUT2D eigenvalue weighted by Gasteiger charge is -2.28. The second-order valence-corrected chi connectivity index (χ2v) is 7.62. The summed E-state index contributed by atoms with van der Waals surface area (Å²) in [7, 11) is 3.80. The maximum absolute atomic E-state index is 10.2. The standard InChI is InChI=1S/C8H14O3Si3/c1-8(2)7-14(10-12,11-13)6-4-3-5-9/h5H,1,3-4,6-7H2,2H3. The third-order valence-electron chi connectivity index (χ3n) is 1.82. The van der Waals surface area contributed by atoms with Crippen LogP contribution in [0.1, 0.15) is 19.8 Å². The molecule has 6 heteroatoms. The van der Waals surface area contributed by atoms with Gasteiger partial charge >= 0.3 is 8.56 Å². The quantitative estimate of drug-likeness (QED) is 0.277. The molecule has 76 valence electrons. The van der Waals surface area contributed by atoms with Crippen LogP contribution in [-0.4, -0.2) is 35.8 Å². The van der Waals surface area contributed by atoms with Gasteiger partial charge < -0.3 is 13.0 Å². The number of rotatable bonds is 8. The molecule has 3 nitrogen and oxygen atoms in total. The van der Waals surface area contributed by atoms with Crippen molar-refractivity contribution in [2.24, 2.45) is 0 Å². The second-order valence-electron chi connectivity index (χ2n) is 3.31. The van der Waals surface area contributed by atoms with E-state index in [0.29, 0.717) is 12.5 Å². The van der Waals surface area contributed by atoms with Crippen LogP contribution in [0.3, 0.4) is 0 Å². The van der Waals surface area contributed by atoms with Crippen LogP contribution in [0.4, 0.5) is 0 Å². The van der Waals surface area contributed by atoms with Gasteiger partial charge in [0.1, 0.15) is 6.29 Å². The van der Waals surface area contributed by atoms with Crippen molar-refractivity contribution in [3.05, 3.63) is 12.2 Å². The molecule has 0 aliphatic rings. The van der Waals surface area contributed by atoms with Crippen molar-refractivity contribution in [1.82, 2.24) is 0 Å². The Hall–Kier alpha value is -0.0194. The van der Waals surface area contributed by atoms with Gasteiger partial charge in [0.05, 0.1) is 0 Å². The molecule has 0 aromatic heterocycles. The number of allylic oxidation sites excluding steroid dienone is 1. The fraction of sp³-hybridized carbons (Fsp3) is 0.625. The first-order valence-electron chi connectivity index (χ1n) is 4.37. The minimum absolute atomic E-state index is 0.538. The Morgan fingerprint density at radius 3 is 2.43 bits per heavy atom. The van der Waals surface area contributed by atoms with E-state index in [-0.39, 0.29) is 0 Å². The Morgan fingerprint density at radius 1 is 1.50 bits per heavy atom. The van der Waals surface area contributed by atoms with Gasteiger partial charge in [-0.15, -0.1) is 6.58 Å². The highest BCUT2D eigenvalue weighted by atomic mass is 28.4. The Kier molecular flexibility index (Phi) is 7.29. The molecule has 0 spiro atoms. The Balaban J connectivity index is 4.20.